The molecule has 0 saturated heterocycles. The number of hydrogen-bond acceptors (Lipinski definition) is 4. The molecule has 1 rings (SSSR count). The Hall–Kier alpha value is -1.42. The lowest BCUT2D eigenvalue weighted by molar-refractivity contribution is 0.0987. The predicted octanol–water partition coefficient (Wildman–Crippen LogP) is 1.66. The molecule has 1 aromatic heterocycles. The Kier molecular flexibility index (Phi) is 4.92. The topological polar surface area (TPSA) is 51.2 Å². The average Bonchev–Trinajstić information content (AvgIpc) is 2.35. The Labute approximate surface area is 96.0 Å². The Morgan fingerprint density at radius 2 is 2.31 bits per heavy atom. The second-order valence-electron chi connectivity index (χ2n) is 3.73. The average molecular weight is 222 g/mol. The minimum Gasteiger partial charge on any atom is -0.495 e. The first-order valence-corrected chi connectivity index (χ1v) is 5.43. The van der Waals surface area contributed by atoms with Gasteiger partial charge in [-0.1, -0.05) is 6.92 Å². The van der Waals surface area contributed by atoms with Gasteiger partial charge in [-0.3, -0.25) is 9.78 Å². The number of ketones is 1. The molecule has 1 aromatic rings. The third kappa shape index (κ3) is 3.62. The first kappa shape index (κ1) is 12.6. The largest absolute Gasteiger partial charge is 0.495 e. The van der Waals surface area contributed by atoms with Gasteiger partial charge in [0.15, 0.2) is 5.78 Å². The SMILES string of the molecule is CCC(C)NCC(=O)c1cncc(OC)c1. The number of carbonyl (C=O) groups is 1. The van der Waals surface area contributed by atoms with Crippen LogP contribution < -0.4 is 10.1 Å². The van der Waals surface area contributed by atoms with Gasteiger partial charge in [0.05, 0.1) is 19.9 Å². The molecule has 0 fully saturated rings. The van der Waals surface area contributed by atoms with Gasteiger partial charge in [0.25, 0.3) is 0 Å². The summed E-state index contributed by atoms with van der Waals surface area (Å²) in [5.74, 6) is 0.640. The van der Waals surface area contributed by atoms with Crippen LogP contribution in [0.5, 0.6) is 5.75 Å². The normalized spacial score (nSPS) is 12.2. The van der Waals surface area contributed by atoms with E-state index in [9.17, 15) is 4.79 Å². The van der Waals surface area contributed by atoms with Crippen LogP contribution >= 0.6 is 0 Å². The number of methoxy groups -OCH3 is 1. The van der Waals surface area contributed by atoms with Gasteiger partial charge in [0.1, 0.15) is 5.75 Å². The minimum atomic E-state index is 0.0340. The van der Waals surface area contributed by atoms with Gasteiger partial charge in [-0.15, -0.1) is 0 Å². The molecule has 0 bridgehead atoms. The van der Waals surface area contributed by atoms with Crippen molar-refractivity contribution in [3.63, 3.8) is 0 Å². The maximum atomic E-state index is 11.8. The van der Waals surface area contributed by atoms with Crippen molar-refractivity contribution in [2.45, 2.75) is 26.3 Å². The van der Waals surface area contributed by atoms with Gasteiger partial charge in [-0.25, -0.2) is 0 Å². The van der Waals surface area contributed by atoms with E-state index < -0.39 is 0 Å². The maximum Gasteiger partial charge on any atom is 0.178 e. The molecular weight excluding hydrogens is 204 g/mol. The fourth-order valence-electron chi connectivity index (χ4n) is 1.20. The summed E-state index contributed by atoms with van der Waals surface area (Å²) in [7, 11) is 1.56. The highest BCUT2D eigenvalue weighted by molar-refractivity contribution is 5.97. The predicted molar refractivity (Wildman–Crippen MR) is 62.9 cm³/mol. The number of aromatic nitrogens is 1. The zero-order chi connectivity index (χ0) is 12.0. The number of nitrogens with one attached hydrogen (secondary N) is 1. The summed E-state index contributed by atoms with van der Waals surface area (Å²) in [6, 6.07) is 2.05. The Balaban J connectivity index is 2.58. The van der Waals surface area contributed by atoms with E-state index in [1.165, 1.54) is 0 Å². The van der Waals surface area contributed by atoms with Gasteiger partial charge in [-0.05, 0) is 19.4 Å². The van der Waals surface area contributed by atoms with E-state index >= 15 is 0 Å². The molecule has 0 aliphatic rings. The van der Waals surface area contributed by atoms with Crippen molar-refractivity contribution in [2.75, 3.05) is 13.7 Å². The van der Waals surface area contributed by atoms with Crippen LogP contribution in [-0.2, 0) is 0 Å². The van der Waals surface area contributed by atoms with Gasteiger partial charge in [0.2, 0.25) is 0 Å². The highest BCUT2D eigenvalue weighted by atomic mass is 16.5. The van der Waals surface area contributed by atoms with Crippen LogP contribution in [0.2, 0.25) is 0 Å². The van der Waals surface area contributed by atoms with Crippen LogP contribution in [0.4, 0.5) is 0 Å². The standard InChI is InChI=1S/C12H18N2O2/c1-4-9(2)14-8-12(15)10-5-11(16-3)7-13-6-10/h5-7,9,14H,4,8H2,1-3H3. The number of carbonyl (C=O) groups excluding carboxylic acids is 1. The lowest BCUT2D eigenvalue weighted by atomic mass is 10.1. The van der Waals surface area contributed by atoms with Gasteiger partial charge < -0.3 is 10.1 Å². The number of Topliss-reactive ketones (excluding diaryl/α,β-unsaturated/α-hetero) is 1. The van der Waals surface area contributed by atoms with Crippen LogP contribution in [0.15, 0.2) is 18.5 Å². The fourth-order valence-corrected chi connectivity index (χ4v) is 1.20. The van der Waals surface area contributed by atoms with E-state index in [1.54, 1.807) is 25.6 Å². The lowest BCUT2D eigenvalue weighted by Crippen LogP contribution is -2.30. The Morgan fingerprint density at radius 3 is 2.94 bits per heavy atom. The molecule has 4 nitrogen and oxygen atoms in total. The summed E-state index contributed by atoms with van der Waals surface area (Å²) in [5, 5.41) is 3.15. The molecule has 0 aliphatic heterocycles. The van der Waals surface area contributed by atoms with Crippen LogP contribution in [0, 0.1) is 0 Å². The molecule has 0 aliphatic carbocycles. The monoisotopic (exact) mass is 222 g/mol. The quantitative estimate of drug-likeness (QED) is 0.744. The molecule has 88 valence electrons. The molecule has 0 saturated carbocycles. The summed E-state index contributed by atoms with van der Waals surface area (Å²) in [5.41, 5.74) is 0.579. The molecule has 16 heavy (non-hydrogen) atoms. The third-order valence-electron chi connectivity index (χ3n) is 2.49. The molecular formula is C12H18N2O2. The first-order valence-electron chi connectivity index (χ1n) is 5.43. The van der Waals surface area contributed by atoms with Crippen LogP contribution in [0.1, 0.15) is 30.6 Å². The summed E-state index contributed by atoms with van der Waals surface area (Å²) < 4.78 is 5.02. The fraction of sp³-hybridized carbons (Fsp3) is 0.500. The second-order valence-corrected chi connectivity index (χ2v) is 3.73. The number of rotatable bonds is 6. The zero-order valence-corrected chi connectivity index (χ0v) is 9.99. The van der Waals surface area contributed by atoms with Crippen molar-refractivity contribution in [3.8, 4) is 5.75 Å². The van der Waals surface area contributed by atoms with Crippen LogP contribution in [0.3, 0.4) is 0 Å². The van der Waals surface area contributed by atoms with E-state index in [1.807, 2.05) is 0 Å². The Morgan fingerprint density at radius 1 is 1.56 bits per heavy atom. The molecule has 1 unspecified atom stereocenters. The molecule has 0 spiro atoms. The molecule has 0 radical (unpaired) electrons. The van der Waals surface area contributed by atoms with Gasteiger partial charge >= 0.3 is 0 Å². The van der Waals surface area contributed by atoms with E-state index in [4.69, 9.17) is 4.74 Å². The molecule has 1 heterocycles. The zero-order valence-electron chi connectivity index (χ0n) is 9.99. The smallest absolute Gasteiger partial charge is 0.178 e. The minimum absolute atomic E-state index is 0.0340. The van der Waals surface area contributed by atoms with Crippen molar-refractivity contribution in [1.29, 1.82) is 0 Å². The number of nitrogens with zero attached hydrogens (tertiary/aromatic N) is 1. The summed E-state index contributed by atoms with van der Waals surface area (Å²) in [6.45, 7) is 4.47. The maximum absolute atomic E-state index is 11.8. The Bertz CT molecular complexity index is 353. The molecule has 1 N–H and O–H groups in total. The summed E-state index contributed by atoms with van der Waals surface area (Å²) >= 11 is 0. The van der Waals surface area contributed by atoms with E-state index in [2.05, 4.69) is 24.1 Å². The number of hydrogen-bond donors (Lipinski definition) is 1. The highest BCUT2D eigenvalue weighted by Crippen LogP contribution is 2.10. The van der Waals surface area contributed by atoms with Crippen molar-refractivity contribution >= 4 is 5.78 Å². The second kappa shape index (κ2) is 6.23. The van der Waals surface area contributed by atoms with Gasteiger partial charge in [0, 0.05) is 17.8 Å². The van der Waals surface area contributed by atoms with Crippen molar-refractivity contribution in [2.24, 2.45) is 0 Å². The molecule has 4 heteroatoms. The highest BCUT2D eigenvalue weighted by Gasteiger charge is 2.08. The summed E-state index contributed by atoms with van der Waals surface area (Å²) in [4.78, 5) is 15.7. The van der Waals surface area contributed by atoms with Crippen molar-refractivity contribution < 1.29 is 9.53 Å². The van der Waals surface area contributed by atoms with E-state index in [0.717, 1.165) is 6.42 Å². The van der Waals surface area contributed by atoms with Gasteiger partial charge in [-0.2, -0.15) is 0 Å². The van der Waals surface area contributed by atoms with Crippen LogP contribution in [-0.4, -0.2) is 30.5 Å². The molecule has 0 amide bonds. The number of pyridine rings is 1. The van der Waals surface area contributed by atoms with Crippen molar-refractivity contribution in [3.05, 3.63) is 24.0 Å². The van der Waals surface area contributed by atoms with E-state index in [-0.39, 0.29) is 5.78 Å². The van der Waals surface area contributed by atoms with Crippen molar-refractivity contribution in [1.82, 2.24) is 10.3 Å². The lowest BCUT2D eigenvalue weighted by Gasteiger charge is -2.10. The number of ether oxygens (including phenoxy) is 1. The molecule has 0 aromatic carbocycles. The van der Waals surface area contributed by atoms with E-state index in [0.29, 0.717) is 23.9 Å². The van der Waals surface area contributed by atoms with Crippen LogP contribution in [0.25, 0.3) is 0 Å². The molecule has 1 atom stereocenters. The third-order valence-corrected chi connectivity index (χ3v) is 2.49. The first-order chi connectivity index (χ1) is 7.67. The summed E-state index contributed by atoms with van der Waals surface area (Å²) in [6.07, 6.45) is 4.14.